The molecule has 1 atom stereocenters. The first-order valence-corrected chi connectivity index (χ1v) is 9.99. The second kappa shape index (κ2) is 6.93. The van der Waals surface area contributed by atoms with Crippen LogP contribution in [0.5, 0.6) is 0 Å². The summed E-state index contributed by atoms with van der Waals surface area (Å²) in [6.07, 6.45) is 5.05. The SMILES string of the molecule is Cc1cc(C(=O)N2CC3(CC(COCC4CC4)CCN3C)C2)cc(C)n1. The number of hydrogen-bond acceptors (Lipinski definition) is 4. The van der Waals surface area contributed by atoms with Crippen LogP contribution in [-0.4, -0.2) is 66.1 Å². The van der Waals surface area contributed by atoms with Gasteiger partial charge in [0, 0.05) is 43.3 Å². The van der Waals surface area contributed by atoms with Crippen LogP contribution in [0.25, 0.3) is 0 Å². The van der Waals surface area contributed by atoms with Crippen molar-refractivity contribution in [3.8, 4) is 0 Å². The number of carbonyl (C=O) groups excluding carboxylic acids is 1. The third-order valence-electron chi connectivity index (χ3n) is 6.34. The van der Waals surface area contributed by atoms with Gasteiger partial charge in [-0.1, -0.05) is 0 Å². The van der Waals surface area contributed by atoms with Crippen LogP contribution in [0.1, 0.15) is 47.4 Å². The molecule has 4 rings (SSSR count). The second-order valence-corrected chi connectivity index (χ2v) is 8.79. The molecule has 1 aliphatic carbocycles. The van der Waals surface area contributed by atoms with E-state index in [4.69, 9.17) is 4.74 Å². The van der Waals surface area contributed by atoms with Crippen LogP contribution in [0, 0.1) is 25.7 Å². The quantitative estimate of drug-likeness (QED) is 0.813. The second-order valence-electron chi connectivity index (χ2n) is 8.79. The molecule has 1 amide bonds. The number of likely N-dealkylation sites (tertiary alicyclic amines) is 2. The minimum absolute atomic E-state index is 0.143. The highest BCUT2D eigenvalue weighted by Crippen LogP contribution is 2.39. The first kappa shape index (κ1) is 17.9. The molecule has 3 fully saturated rings. The maximum atomic E-state index is 12.9. The number of likely N-dealkylation sites (N-methyl/N-ethyl adjacent to an activating group) is 1. The van der Waals surface area contributed by atoms with Crippen molar-refractivity contribution in [3.63, 3.8) is 0 Å². The summed E-state index contributed by atoms with van der Waals surface area (Å²) in [7, 11) is 2.21. The number of carbonyl (C=O) groups is 1. The van der Waals surface area contributed by atoms with Crippen LogP contribution in [0.15, 0.2) is 12.1 Å². The molecule has 0 aromatic carbocycles. The van der Waals surface area contributed by atoms with E-state index in [9.17, 15) is 4.79 Å². The van der Waals surface area contributed by atoms with Crippen molar-refractivity contribution in [1.82, 2.24) is 14.8 Å². The molecular formula is C21H31N3O2. The Morgan fingerprint density at radius 2 is 1.81 bits per heavy atom. The minimum atomic E-state index is 0.143. The average Bonchev–Trinajstić information content (AvgIpc) is 3.37. The summed E-state index contributed by atoms with van der Waals surface area (Å²) in [5, 5.41) is 0. The molecule has 26 heavy (non-hydrogen) atoms. The molecule has 2 aliphatic heterocycles. The van der Waals surface area contributed by atoms with Crippen molar-refractivity contribution in [2.24, 2.45) is 11.8 Å². The molecule has 0 bridgehead atoms. The fourth-order valence-electron chi connectivity index (χ4n) is 4.56. The summed E-state index contributed by atoms with van der Waals surface area (Å²) in [6.45, 7) is 8.51. The first-order valence-electron chi connectivity index (χ1n) is 9.99. The lowest BCUT2D eigenvalue weighted by Gasteiger charge is -2.58. The maximum Gasteiger partial charge on any atom is 0.254 e. The molecule has 1 unspecified atom stereocenters. The third-order valence-corrected chi connectivity index (χ3v) is 6.34. The van der Waals surface area contributed by atoms with E-state index in [0.29, 0.717) is 5.92 Å². The highest BCUT2D eigenvalue weighted by molar-refractivity contribution is 5.95. The summed E-state index contributed by atoms with van der Waals surface area (Å²) in [4.78, 5) is 21.7. The molecule has 1 aromatic heterocycles. The smallest absolute Gasteiger partial charge is 0.254 e. The van der Waals surface area contributed by atoms with Gasteiger partial charge in [0.15, 0.2) is 0 Å². The number of aryl methyl sites for hydroxylation is 2. The summed E-state index contributed by atoms with van der Waals surface area (Å²) in [5.41, 5.74) is 2.74. The van der Waals surface area contributed by atoms with Gasteiger partial charge >= 0.3 is 0 Å². The summed E-state index contributed by atoms with van der Waals surface area (Å²) in [6, 6.07) is 3.80. The Labute approximate surface area is 156 Å². The van der Waals surface area contributed by atoms with Gasteiger partial charge in [0.25, 0.3) is 5.91 Å². The zero-order chi connectivity index (χ0) is 18.3. The molecule has 1 aromatic rings. The van der Waals surface area contributed by atoms with E-state index < -0.39 is 0 Å². The number of amides is 1. The van der Waals surface area contributed by atoms with Gasteiger partial charge in [-0.3, -0.25) is 14.7 Å². The molecule has 0 N–H and O–H groups in total. The van der Waals surface area contributed by atoms with E-state index in [1.165, 1.54) is 19.3 Å². The Morgan fingerprint density at radius 1 is 1.15 bits per heavy atom. The van der Waals surface area contributed by atoms with Crippen LogP contribution in [-0.2, 0) is 4.74 Å². The normalized spacial score (nSPS) is 25.3. The lowest BCUT2D eigenvalue weighted by molar-refractivity contribution is -0.0761. The molecule has 3 aliphatic rings. The summed E-state index contributed by atoms with van der Waals surface area (Å²) in [5.74, 6) is 1.61. The highest BCUT2D eigenvalue weighted by atomic mass is 16.5. The fraction of sp³-hybridized carbons (Fsp3) is 0.714. The Kier molecular flexibility index (Phi) is 4.78. The van der Waals surface area contributed by atoms with Gasteiger partial charge in [0.05, 0.1) is 5.54 Å². The lowest BCUT2D eigenvalue weighted by Crippen LogP contribution is -2.72. The molecule has 0 radical (unpaired) electrons. The Hall–Kier alpha value is -1.46. The van der Waals surface area contributed by atoms with Crippen molar-refractivity contribution >= 4 is 5.91 Å². The minimum Gasteiger partial charge on any atom is -0.381 e. The van der Waals surface area contributed by atoms with E-state index in [-0.39, 0.29) is 11.4 Å². The predicted molar refractivity (Wildman–Crippen MR) is 101 cm³/mol. The lowest BCUT2D eigenvalue weighted by atomic mass is 9.75. The number of piperidine rings is 1. The Bertz CT molecular complexity index is 660. The van der Waals surface area contributed by atoms with E-state index in [1.807, 2.05) is 30.9 Å². The number of rotatable bonds is 5. The molecule has 2 saturated heterocycles. The molecular weight excluding hydrogens is 326 g/mol. The van der Waals surface area contributed by atoms with Crippen molar-refractivity contribution in [3.05, 3.63) is 29.1 Å². The predicted octanol–water partition coefficient (Wildman–Crippen LogP) is 2.66. The van der Waals surface area contributed by atoms with Crippen LogP contribution >= 0.6 is 0 Å². The summed E-state index contributed by atoms with van der Waals surface area (Å²) < 4.78 is 5.96. The van der Waals surface area contributed by atoms with Crippen molar-refractivity contribution in [1.29, 1.82) is 0 Å². The molecule has 142 valence electrons. The summed E-state index contributed by atoms with van der Waals surface area (Å²) >= 11 is 0. The zero-order valence-corrected chi connectivity index (χ0v) is 16.3. The zero-order valence-electron chi connectivity index (χ0n) is 16.3. The van der Waals surface area contributed by atoms with Gasteiger partial charge in [-0.2, -0.15) is 0 Å². The van der Waals surface area contributed by atoms with Crippen molar-refractivity contribution < 1.29 is 9.53 Å². The van der Waals surface area contributed by atoms with E-state index in [1.54, 1.807) is 0 Å². The Balaban J connectivity index is 1.35. The molecule has 3 heterocycles. The van der Waals surface area contributed by atoms with Gasteiger partial charge in [-0.15, -0.1) is 0 Å². The third kappa shape index (κ3) is 3.65. The molecule has 5 heteroatoms. The van der Waals surface area contributed by atoms with E-state index >= 15 is 0 Å². The number of hydrogen-bond donors (Lipinski definition) is 0. The molecule has 5 nitrogen and oxygen atoms in total. The monoisotopic (exact) mass is 357 g/mol. The molecule has 1 spiro atoms. The Morgan fingerprint density at radius 3 is 2.46 bits per heavy atom. The van der Waals surface area contributed by atoms with Gasteiger partial charge in [0.2, 0.25) is 0 Å². The number of pyridine rings is 1. The maximum absolute atomic E-state index is 12.9. The van der Waals surface area contributed by atoms with Gasteiger partial charge in [0.1, 0.15) is 0 Å². The standard InChI is InChI=1S/C21H31N3O2/c1-15-8-19(9-16(2)22-15)20(25)24-13-21(14-24)10-18(6-7-23(21)3)12-26-11-17-4-5-17/h8-9,17-18H,4-7,10-14H2,1-3H3. The average molecular weight is 357 g/mol. The first-order chi connectivity index (χ1) is 12.4. The number of ether oxygens (including phenoxy) is 1. The van der Waals surface area contributed by atoms with Gasteiger partial charge < -0.3 is 9.64 Å². The van der Waals surface area contributed by atoms with Crippen molar-refractivity contribution in [2.75, 3.05) is 39.9 Å². The van der Waals surface area contributed by atoms with Gasteiger partial charge in [-0.05, 0) is 77.1 Å². The highest BCUT2D eigenvalue weighted by Gasteiger charge is 2.51. The topological polar surface area (TPSA) is 45.7 Å². The van der Waals surface area contributed by atoms with E-state index in [0.717, 1.165) is 62.1 Å². The van der Waals surface area contributed by atoms with Crippen molar-refractivity contribution in [2.45, 2.75) is 45.1 Å². The molecule has 1 saturated carbocycles. The number of nitrogens with zero attached hydrogens (tertiary/aromatic N) is 3. The largest absolute Gasteiger partial charge is 0.381 e. The van der Waals surface area contributed by atoms with E-state index in [2.05, 4.69) is 16.9 Å². The fourth-order valence-corrected chi connectivity index (χ4v) is 4.56. The number of aromatic nitrogens is 1. The van der Waals surface area contributed by atoms with Gasteiger partial charge in [-0.25, -0.2) is 0 Å². The van der Waals surface area contributed by atoms with Crippen LogP contribution in [0.4, 0.5) is 0 Å². The van der Waals surface area contributed by atoms with Crippen LogP contribution in [0.3, 0.4) is 0 Å². The van der Waals surface area contributed by atoms with Crippen LogP contribution in [0.2, 0.25) is 0 Å². The van der Waals surface area contributed by atoms with Crippen LogP contribution < -0.4 is 0 Å².